The summed E-state index contributed by atoms with van der Waals surface area (Å²) in [4.78, 5) is 8.44. The lowest BCUT2D eigenvalue weighted by Gasteiger charge is -2.09. The van der Waals surface area contributed by atoms with E-state index >= 15 is 0 Å². The highest BCUT2D eigenvalue weighted by Gasteiger charge is 2.13. The number of nitrogen functional groups attached to an aromatic ring is 1. The normalized spacial score (nSPS) is 20.7. The Morgan fingerprint density at radius 2 is 2.40 bits per heavy atom. The Bertz CT molecular complexity index is 311. The summed E-state index contributed by atoms with van der Waals surface area (Å²) in [5, 5.41) is 3.48. The van der Waals surface area contributed by atoms with Crippen LogP contribution in [-0.4, -0.2) is 22.6 Å². The smallest absolute Gasteiger partial charge is 0.127 e. The maximum Gasteiger partial charge on any atom is 0.127 e. The molecule has 0 radical (unpaired) electrons. The maximum atomic E-state index is 5.68. The van der Waals surface area contributed by atoms with Gasteiger partial charge in [0, 0.05) is 17.8 Å². The predicted octanol–water partition coefficient (Wildman–Crippen LogP) is 1.05. The number of rotatable bonds is 3. The van der Waals surface area contributed by atoms with Gasteiger partial charge in [0.25, 0.3) is 0 Å². The molecule has 1 fully saturated rings. The van der Waals surface area contributed by atoms with Crippen LogP contribution >= 0.6 is 0 Å². The van der Waals surface area contributed by atoms with E-state index in [4.69, 9.17) is 5.73 Å². The van der Waals surface area contributed by atoms with Crippen LogP contribution in [-0.2, 0) is 6.42 Å². The van der Waals surface area contributed by atoms with Gasteiger partial charge in [0.05, 0.1) is 0 Å². The van der Waals surface area contributed by atoms with E-state index in [2.05, 4.69) is 15.3 Å². The summed E-state index contributed by atoms with van der Waals surface area (Å²) in [6.45, 7) is 3.04. The number of hydrogen-bond acceptors (Lipinski definition) is 4. The molecule has 82 valence electrons. The summed E-state index contributed by atoms with van der Waals surface area (Å²) in [5.41, 5.74) is 6.74. The fourth-order valence-corrected chi connectivity index (χ4v) is 2.11. The van der Waals surface area contributed by atoms with Gasteiger partial charge in [-0.15, -0.1) is 0 Å². The highest BCUT2D eigenvalue weighted by molar-refractivity contribution is 5.29. The molecule has 1 aromatic rings. The van der Waals surface area contributed by atoms with Crippen LogP contribution in [0.2, 0.25) is 0 Å². The fourth-order valence-electron chi connectivity index (χ4n) is 2.11. The van der Waals surface area contributed by atoms with E-state index in [1.165, 1.54) is 12.8 Å². The molecule has 15 heavy (non-hydrogen) atoms. The van der Waals surface area contributed by atoms with Crippen molar-refractivity contribution in [2.24, 2.45) is 0 Å². The largest absolute Gasteiger partial charge is 0.384 e. The minimum absolute atomic E-state index is 0.580. The Balaban J connectivity index is 1.92. The van der Waals surface area contributed by atoms with Crippen LogP contribution < -0.4 is 11.1 Å². The number of aromatic nitrogens is 2. The zero-order chi connectivity index (χ0) is 10.7. The summed E-state index contributed by atoms with van der Waals surface area (Å²) >= 11 is 0. The second-order valence-electron chi connectivity index (χ2n) is 4.16. The Hall–Kier alpha value is -1.16. The number of nitrogens with two attached hydrogens (primary N) is 1. The second-order valence-corrected chi connectivity index (χ2v) is 4.16. The van der Waals surface area contributed by atoms with Gasteiger partial charge in [0.15, 0.2) is 0 Å². The summed E-state index contributed by atoms with van der Waals surface area (Å²) in [6.07, 6.45) is 4.73. The van der Waals surface area contributed by atoms with Crippen molar-refractivity contribution in [3.05, 3.63) is 17.6 Å². The first-order valence-corrected chi connectivity index (χ1v) is 5.57. The van der Waals surface area contributed by atoms with E-state index in [1.807, 2.05) is 13.0 Å². The Morgan fingerprint density at radius 1 is 1.53 bits per heavy atom. The van der Waals surface area contributed by atoms with Crippen molar-refractivity contribution < 1.29 is 0 Å². The number of nitrogens with zero attached hydrogens (tertiary/aromatic N) is 2. The molecule has 1 unspecified atom stereocenters. The number of hydrogen-bond donors (Lipinski definition) is 2. The molecular formula is C11H18N4. The van der Waals surface area contributed by atoms with Crippen LogP contribution in [0, 0.1) is 6.92 Å². The van der Waals surface area contributed by atoms with Crippen LogP contribution in [0.15, 0.2) is 6.07 Å². The molecular weight excluding hydrogens is 188 g/mol. The lowest BCUT2D eigenvalue weighted by atomic mass is 10.1. The molecule has 1 aliphatic rings. The minimum Gasteiger partial charge on any atom is -0.384 e. The summed E-state index contributed by atoms with van der Waals surface area (Å²) in [6, 6.07) is 2.54. The van der Waals surface area contributed by atoms with Crippen LogP contribution in [0.1, 0.15) is 30.8 Å². The van der Waals surface area contributed by atoms with Gasteiger partial charge in [-0.3, -0.25) is 0 Å². The molecule has 0 saturated carbocycles. The molecule has 1 saturated heterocycles. The average molecular weight is 206 g/mol. The summed E-state index contributed by atoms with van der Waals surface area (Å²) in [7, 11) is 0. The molecule has 1 aromatic heterocycles. The van der Waals surface area contributed by atoms with Crippen molar-refractivity contribution in [3.63, 3.8) is 0 Å². The van der Waals surface area contributed by atoms with E-state index < -0.39 is 0 Å². The molecule has 2 heterocycles. The molecule has 0 bridgehead atoms. The average Bonchev–Trinajstić information content (AvgIpc) is 2.65. The van der Waals surface area contributed by atoms with Gasteiger partial charge in [-0.05, 0) is 39.2 Å². The van der Waals surface area contributed by atoms with Crippen LogP contribution in [0.4, 0.5) is 5.82 Å². The van der Waals surface area contributed by atoms with Gasteiger partial charge >= 0.3 is 0 Å². The Kier molecular flexibility index (Phi) is 3.16. The first-order chi connectivity index (χ1) is 7.24. The van der Waals surface area contributed by atoms with Gasteiger partial charge in [-0.1, -0.05) is 0 Å². The molecule has 0 amide bonds. The minimum atomic E-state index is 0.580. The third-order valence-corrected chi connectivity index (χ3v) is 2.82. The molecule has 0 aromatic carbocycles. The molecule has 0 spiro atoms. The van der Waals surface area contributed by atoms with E-state index in [9.17, 15) is 0 Å². The van der Waals surface area contributed by atoms with Crippen molar-refractivity contribution in [1.82, 2.24) is 15.3 Å². The fraction of sp³-hybridized carbons (Fsp3) is 0.636. The van der Waals surface area contributed by atoms with Gasteiger partial charge in [0.1, 0.15) is 11.6 Å². The van der Waals surface area contributed by atoms with Crippen molar-refractivity contribution in [3.8, 4) is 0 Å². The molecule has 4 heteroatoms. The summed E-state index contributed by atoms with van der Waals surface area (Å²) < 4.78 is 0. The number of anilines is 1. The number of aryl methyl sites for hydroxylation is 2. The van der Waals surface area contributed by atoms with Crippen LogP contribution in [0.25, 0.3) is 0 Å². The Labute approximate surface area is 90.3 Å². The van der Waals surface area contributed by atoms with Crippen molar-refractivity contribution in [2.75, 3.05) is 12.3 Å². The summed E-state index contributed by atoms with van der Waals surface area (Å²) in [5.74, 6) is 1.35. The Morgan fingerprint density at radius 3 is 3.07 bits per heavy atom. The first-order valence-electron chi connectivity index (χ1n) is 5.57. The zero-order valence-electron chi connectivity index (χ0n) is 9.16. The van der Waals surface area contributed by atoms with Crippen molar-refractivity contribution >= 4 is 5.82 Å². The van der Waals surface area contributed by atoms with Gasteiger partial charge < -0.3 is 11.1 Å². The monoisotopic (exact) mass is 206 g/mol. The van der Waals surface area contributed by atoms with Gasteiger partial charge in [-0.2, -0.15) is 0 Å². The van der Waals surface area contributed by atoms with Gasteiger partial charge in [-0.25, -0.2) is 9.97 Å². The molecule has 1 atom stereocenters. The lowest BCUT2D eigenvalue weighted by molar-refractivity contribution is 0.555. The van der Waals surface area contributed by atoms with Crippen LogP contribution in [0.3, 0.4) is 0 Å². The third kappa shape index (κ3) is 2.89. The third-order valence-electron chi connectivity index (χ3n) is 2.82. The molecule has 2 rings (SSSR count). The SMILES string of the molecule is Cc1nc(N)cc(CCC2CCCN2)n1. The topological polar surface area (TPSA) is 63.8 Å². The molecule has 4 nitrogen and oxygen atoms in total. The van der Waals surface area contributed by atoms with Crippen LogP contribution in [0.5, 0.6) is 0 Å². The predicted molar refractivity (Wildman–Crippen MR) is 60.5 cm³/mol. The van der Waals surface area contributed by atoms with E-state index in [-0.39, 0.29) is 0 Å². The van der Waals surface area contributed by atoms with Crippen molar-refractivity contribution in [2.45, 2.75) is 38.6 Å². The zero-order valence-corrected chi connectivity index (χ0v) is 9.16. The van der Waals surface area contributed by atoms with E-state index in [1.54, 1.807) is 0 Å². The first kappa shape index (κ1) is 10.4. The number of nitrogens with one attached hydrogen (secondary N) is 1. The second kappa shape index (κ2) is 4.57. The van der Waals surface area contributed by atoms with Crippen molar-refractivity contribution in [1.29, 1.82) is 0 Å². The molecule has 1 aliphatic heterocycles. The standard InChI is InChI=1S/C11H18N4/c1-8-14-10(7-11(12)15-8)5-4-9-3-2-6-13-9/h7,9,13H,2-6H2,1H3,(H2,12,14,15). The highest BCUT2D eigenvalue weighted by Crippen LogP contribution is 2.12. The maximum absolute atomic E-state index is 5.68. The highest BCUT2D eigenvalue weighted by atomic mass is 14.9. The molecule has 3 N–H and O–H groups in total. The van der Waals surface area contributed by atoms with E-state index in [0.29, 0.717) is 11.9 Å². The van der Waals surface area contributed by atoms with E-state index in [0.717, 1.165) is 30.9 Å². The van der Waals surface area contributed by atoms with Gasteiger partial charge in [0.2, 0.25) is 0 Å². The quantitative estimate of drug-likeness (QED) is 0.776. The molecule has 0 aliphatic carbocycles. The lowest BCUT2D eigenvalue weighted by Crippen LogP contribution is -2.21.